The number of rotatable bonds is 3. The van der Waals surface area contributed by atoms with Crippen molar-refractivity contribution >= 4 is 52.3 Å². The molecule has 1 heterocycles. The normalized spacial score (nSPS) is 10.5. The second kappa shape index (κ2) is 6.30. The second-order valence-electron chi connectivity index (χ2n) is 5.34. The van der Waals surface area contributed by atoms with E-state index in [2.05, 4.69) is 11.7 Å². The highest BCUT2D eigenvalue weighted by Gasteiger charge is 2.19. The predicted octanol–water partition coefficient (Wildman–Crippen LogP) is 5.76. The Morgan fingerprint density at radius 1 is 0.875 bits per heavy atom. The third kappa shape index (κ3) is 2.39. The number of aliphatic imine (C=N–C) groups is 1. The topological polar surface area (TPSA) is 49.4 Å². The van der Waals surface area contributed by atoms with Gasteiger partial charge in [-0.2, -0.15) is 0 Å². The van der Waals surface area contributed by atoms with E-state index in [-0.39, 0.29) is 12.4 Å². The summed E-state index contributed by atoms with van der Waals surface area (Å²) in [6.07, 6.45) is 0. The van der Waals surface area contributed by atoms with Crippen LogP contribution in [0.5, 0.6) is 0 Å². The van der Waals surface area contributed by atoms with Crippen LogP contribution in [-0.4, -0.2) is 12.4 Å². The first-order valence-electron chi connectivity index (χ1n) is 7.35. The van der Waals surface area contributed by atoms with E-state index in [0.717, 1.165) is 27.3 Å². The molecule has 0 bridgehead atoms. The van der Waals surface area contributed by atoms with Gasteiger partial charge in [-0.15, -0.1) is 12.4 Å². The third-order valence-electron chi connectivity index (χ3n) is 4.01. The molecule has 1 N–H and O–H groups in total. The van der Waals surface area contributed by atoms with Gasteiger partial charge in [-0.05, 0) is 29.6 Å². The van der Waals surface area contributed by atoms with Crippen LogP contribution in [0, 0.1) is 5.41 Å². The van der Waals surface area contributed by atoms with Crippen molar-refractivity contribution < 1.29 is 4.42 Å². The highest BCUT2D eigenvalue weighted by Crippen LogP contribution is 2.35. The van der Waals surface area contributed by atoms with Crippen molar-refractivity contribution in [3.05, 3.63) is 78.1 Å². The Balaban J connectivity index is 0.00000169. The lowest BCUT2D eigenvalue weighted by Crippen LogP contribution is -2.01. The van der Waals surface area contributed by atoms with Crippen molar-refractivity contribution in [2.24, 2.45) is 4.99 Å². The largest absolute Gasteiger partial charge is 0.452 e. The molecule has 0 aliphatic carbocycles. The summed E-state index contributed by atoms with van der Waals surface area (Å²) in [6, 6.07) is 21.6. The van der Waals surface area contributed by atoms with Crippen LogP contribution in [0.2, 0.25) is 0 Å². The van der Waals surface area contributed by atoms with Gasteiger partial charge in [0.25, 0.3) is 0 Å². The zero-order valence-corrected chi connectivity index (χ0v) is 13.6. The molecule has 0 saturated heterocycles. The summed E-state index contributed by atoms with van der Waals surface area (Å²) >= 11 is 0. The van der Waals surface area contributed by atoms with E-state index in [1.165, 1.54) is 0 Å². The molecule has 0 saturated carbocycles. The molecule has 3 nitrogen and oxygen atoms in total. The molecule has 0 spiro atoms. The fraction of sp³-hybridized carbons (Fsp3) is 0. The van der Waals surface area contributed by atoms with Crippen LogP contribution in [0.4, 0.5) is 5.69 Å². The van der Waals surface area contributed by atoms with Crippen LogP contribution in [0.15, 0.2) is 76.1 Å². The number of halogens is 1. The number of para-hydroxylation sites is 1. The highest BCUT2D eigenvalue weighted by atomic mass is 35.5. The zero-order chi connectivity index (χ0) is 15.8. The maximum atomic E-state index is 8.65. The summed E-state index contributed by atoms with van der Waals surface area (Å²) in [5, 5.41) is 11.6. The molecule has 0 radical (unpaired) electrons. The molecule has 118 valence electrons. The van der Waals surface area contributed by atoms with E-state index in [4.69, 9.17) is 9.83 Å². The standard InChI is InChI=1S/C20H14N2O.ClH/c1-22-19-16-10-4-5-12-17(16)23-20(19)18(21)15-11-6-8-13-7-2-3-9-14(13)15;/h2-12,21H,1H2;1H. The first-order valence-corrected chi connectivity index (χ1v) is 7.35. The van der Waals surface area contributed by atoms with Crippen LogP contribution >= 0.6 is 12.4 Å². The van der Waals surface area contributed by atoms with Crippen molar-refractivity contribution in [2.75, 3.05) is 0 Å². The third-order valence-corrected chi connectivity index (χ3v) is 4.01. The summed E-state index contributed by atoms with van der Waals surface area (Å²) in [5.74, 6) is 0.456. The van der Waals surface area contributed by atoms with Gasteiger partial charge in [-0.3, -0.25) is 10.4 Å². The summed E-state index contributed by atoms with van der Waals surface area (Å²) in [7, 11) is 0. The highest BCUT2D eigenvalue weighted by molar-refractivity contribution is 6.20. The number of hydrogen-bond donors (Lipinski definition) is 1. The fourth-order valence-corrected chi connectivity index (χ4v) is 2.92. The SMILES string of the molecule is C=Nc1c(C(=N)c2cccc3ccccc23)oc2ccccc12.Cl. The Bertz CT molecular complexity index is 1060. The Kier molecular flexibility index (Phi) is 4.19. The molecule has 0 amide bonds. The van der Waals surface area contributed by atoms with Crippen molar-refractivity contribution in [3.8, 4) is 0 Å². The minimum atomic E-state index is 0. The Morgan fingerprint density at radius 3 is 2.33 bits per heavy atom. The van der Waals surface area contributed by atoms with Crippen LogP contribution in [-0.2, 0) is 0 Å². The molecular weight excluding hydrogens is 320 g/mol. The van der Waals surface area contributed by atoms with Crippen LogP contribution < -0.4 is 0 Å². The minimum Gasteiger partial charge on any atom is -0.452 e. The van der Waals surface area contributed by atoms with Crippen molar-refractivity contribution in [1.82, 2.24) is 0 Å². The van der Waals surface area contributed by atoms with Gasteiger partial charge >= 0.3 is 0 Å². The minimum absolute atomic E-state index is 0. The van der Waals surface area contributed by atoms with Crippen LogP contribution in [0.3, 0.4) is 0 Å². The second-order valence-corrected chi connectivity index (χ2v) is 5.34. The lowest BCUT2D eigenvalue weighted by atomic mass is 9.99. The molecule has 24 heavy (non-hydrogen) atoms. The average molecular weight is 335 g/mol. The van der Waals surface area contributed by atoms with E-state index in [9.17, 15) is 0 Å². The smallest absolute Gasteiger partial charge is 0.179 e. The molecule has 0 fully saturated rings. The van der Waals surface area contributed by atoms with E-state index in [0.29, 0.717) is 17.2 Å². The van der Waals surface area contributed by atoms with Crippen molar-refractivity contribution in [1.29, 1.82) is 5.41 Å². The summed E-state index contributed by atoms with van der Waals surface area (Å²) in [6.45, 7) is 3.65. The monoisotopic (exact) mass is 334 g/mol. The summed E-state index contributed by atoms with van der Waals surface area (Å²) in [5.41, 5.74) is 2.49. The van der Waals surface area contributed by atoms with Crippen LogP contribution in [0.25, 0.3) is 21.7 Å². The summed E-state index contributed by atoms with van der Waals surface area (Å²) < 4.78 is 5.90. The molecular formula is C20H15ClN2O. The predicted molar refractivity (Wildman–Crippen MR) is 103 cm³/mol. The number of benzene rings is 3. The zero-order valence-electron chi connectivity index (χ0n) is 12.8. The number of fused-ring (bicyclic) bond motifs is 2. The molecule has 3 aromatic carbocycles. The van der Waals surface area contributed by atoms with Gasteiger partial charge < -0.3 is 4.42 Å². The van der Waals surface area contributed by atoms with Gasteiger partial charge in [0.2, 0.25) is 0 Å². The molecule has 0 aliphatic heterocycles. The molecule has 0 aliphatic rings. The first-order chi connectivity index (χ1) is 11.3. The maximum Gasteiger partial charge on any atom is 0.179 e. The fourth-order valence-electron chi connectivity index (χ4n) is 2.92. The van der Waals surface area contributed by atoms with E-state index in [1.54, 1.807) is 0 Å². The van der Waals surface area contributed by atoms with Crippen LogP contribution in [0.1, 0.15) is 11.3 Å². The van der Waals surface area contributed by atoms with E-state index in [1.807, 2.05) is 66.7 Å². The lowest BCUT2D eigenvalue weighted by Gasteiger charge is -2.07. The maximum absolute atomic E-state index is 8.65. The van der Waals surface area contributed by atoms with Gasteiger partial charge in [0.1, 0.15) is 17.0 Å². The summed E-state index contributed by atoms with van der Waals surface area (Å²) in [4.78, 5) is 4.10. The lowest BCUT2D eigenvalue weighted by molar-refractivity contribution is 0.605. The van der Waals surface area contributed by atoms with Crippen molar-refractivity contribution in [2.45, 2.75) is 0 Å². The Hall–Kier alpha value is -2.91. The molecule has 0 atom stereocenters. The van der Waals surface area contributed by atoms with Gasteiger partial charge in [0.15, 0.2) is 5.76 Å². The molecule has 1 aromatic heterocycles. The number of nitrogens with zero attached hydrogens (tertiary/aromatic N) is 1. The van der Waals surface area contributed by atoms with Crippen molar-refractivity contribution in [3.63, 3.8) is 0 Å². The van der Waals surface area contributed by atoms with Gasteiger partial charge in [0.05, 0.1) is 0 Å². The molecule has 4 aromatic rings. The molecule has 4 heteroatoms. The van der Waals surface area contributed by atoms with Gasteiger partial charge in [-0.25, -0.2) is 0 Å². The molecule has 0 unspecified atom stereocenters. The Labute approximate surface area is 145 Å². The number of furan rings is 1. The van der Waals surface area contributed by atoms with Gasteiger partial charge in [0, 0.05) is 10.9 Å². The number of nitrogens with one attached hydrogen (secondary N) is 1. The quantitative estimate of drug-likeness (QED) is 0.476. The van der Waals surface area contributed by atoms with Gasteiger partial charge in [-0.1, -0.05) is 54.6 Å². The average Bonchev–Trinajstić information content (AvgIpc) is 2.99. The number of hydrogen-bond acceptors (Lipinski definition) is 3. The first kappa shape index (κ1) is 16.0. The Morgan fingerprint density at radius 2 is 1.54 bits per heavy atom. The van der Waals surface area contributed by atoms with E-state index >= 15 is 0 Å². The van der Waals surface area contributed by atoms with E-state index < -0.39 is 0 Å². The molecule has 4 rings (SSSR count).